The predicted molar refractivity (Wildman–Crippen MR) is 87.3 cm³/mol. The molecule has 0 saturated heterocycles. The quantitative estimate of drug-likeness (QED) is 0.244. The van der Waals surface area contributed by atoms with Crippen molar-refractivity contribution in [1.82, 2.24) is 0 Å². The largest absolute Gasteiger partial charge is 0.564 e. The molecule has 0 aliphatic rings. The maximum absolute atomic E-state index is 11.4. The van der Waals surface area contributed by atoms with Gasteiger partial charge in [0.1, 0.15) is 34.8 Å². The minimum atomic E-state index is -0.787. The maximum Gasteiger partial charge on any atom is 0.564 e. The van der Waals surface area contributed by atoms with Crippen molar-refractivity contribution in [2.24, 2.45) is 0 Å². The van der Waals surface area contributed by atoms with Crippen LogP contribution in [0, 0.1) is 0 Å². The van der Waals surface area contributed by atoms with Gasteiger partial charge in [-0.05, 0) is 0 Å². The van der Waals surface area contributed by atoms with Crippen LogP contribution in [0.25, 0.3) is 0 Å². The van der Waals surface area contributed by atoms with Crippen LogP contribution in [-0.2, 0) is 9.63 Å². The number of hydrogen-bond acceptors (Lipinski definition) is 2. The molecule has 0 amide bonds. The van der Waals surface area contributed by atoms with E-state index in [1.807, 2.05) is 49.3 Å². The summed E-state index contributed by atoms with van der Waals surface area (Å²) < 4.78 is 3.33. The van der Waals surface area contributed by atoms with Crippen molar-refractivity contribution in [2.75, 3.05) is 77.1 Å². The number of hydrogen-bond donors (Lipinski definition) is 1. The summed E-state index contributed by atoms with van der Waals surface area (Å²) in [5, 5.41) is 9.37. The fourth-order valence-corrected chi connectivity index (χ4v) is 3.10. The van der Waals surface area contributed by atoms with Crippen molar-refractivity contribution in [1.29, 1.82) is 0 Å². The third-order valence-corrected chi connectivity index (χ3v) is 3.51. The van der Waals surface area contributed by atoms with E-state index in [9.17, 15) is 9.90 Å². The van der Waals surface area contributed by atoms with Gasteiger partial charge in [0.15, 0.2) is 6.04 Å². The summed E-state index contributed by atoms with van der Waals surface area (Å²) in [5.41, 5.74) is 0. The summed E-state index contributed by atoms with van der Waals surface area (Å²) >= 11 is 0. The summed E-state index contributed by atoms with van der Waals surface area (Å²) in [6.07, 6.45) is 0.471. The molecule has 1 unspecified atom stereocenters. The lowest BCUT2D eigenvalue weighted by Gasteiger charge is -2.32. The lowest BCUT2D eigenvalue weighted by atomic mass is 10.2. The first kappa shape index (κ1) is 21.0. The second-order valence-corrected chi connectivity index (χ2v) is 8.15. The van der Waals surface area contributed by atoms with Gasteiger partial charge in [-0.3, -0.25) is 0 Å². The van der Waals surface area contributed by atoms with Crippen LogP contribution in [0.4, 0.5) is 0 Å². The Morgan fingerprint density at radius 3 is 1.77 bits per heavy atom. The third kappa shape index (κ3) is 6.00. The Hall–Kier alpha value is -1.02. The second kappa shape index (κ2) is 7.04. The Morgan fingerprint density at radius 2 is 1.50 bits per heavy atom. The zero-order valence-corrected chi connectivity index (χ0v) is 16.0. The third-order valence-electron chi connectivity index (χ3n) is 3.51. The van der Waals surface area contributed by atoms with Gasteiger partial charge in [0, 0.05) is 6.42 Å². The molecule has 1 atom stereocenters. The monoisotopic (exact) mass is 320 g/mol. The second-order valence-electron chi connectivity index (χ2n) is 8.15. The lowest BCUT2D eigenvalue weighted by Crippen LogP contribution is -2.62. The van der Waals surface area contributed by atoms with Crippen LogP contribution in [-0.4, -0.2) is 118 Å². The van der Waals surface area contributed by atoms with Crippen molar-refractivity contribution < 1.29 is 32.9 Å². The Morgan fingerprint density at radius 1 is 1.05 bits per heavy atom. The number of carboxylic acids is 1. The van der Waals surface area contributed by atoms with Crippen molar-refractivity contribution >= 4 is 11.9 Å². The highest BCUT2D eigenvalue weighted by molar-refractivity contribution is 5.72. The molecule has 130 valence electrons. The van der Waals surface area contributed by atoms with Gasteiger partial charge in [0.25, 0.3) is 0 Å². The Bertz CT molecular complexity index is 427. The van der Waals surface area contributed by atoms with Gasteiger partial charge in [-0.2, -0.15) is 9.32 Å². The van der Waals surface area contributed by atoms with E-state index in [0.29, 0.717) is 22.0 Å². The first-order valence-corrected chi connectivity index (χ1v) is 7.50. The number of nitrogens with zero attached hydrogens (tertiary/aromatic N) is 4. The summed E-state index contributed by atoms with van der Waals surface area (Å²) in [4.78, 5) is 17.4. The van der Waals surface area contributed by atoms with Crippen LogP contribution in [0.1, 0.15) is 6.42 Å². The predicted octanol–water partition coefficient (Wildman–Crippen LogP) is -0.122. The molecule has 0 spiro atoms. The zero-order chi connectivity index (χ0) is 17.9. The van der Waals surface area contributed by atoms with E-state index in [1.165, 1.54) is 0 Å². The Kier molecular flexibility index (Phi) is 6.71. The smallest absolute Gasteiger partial charge is 0.477 e. The number of likely N-dealkylation sites (N-methyl/N-ethyl adjacent to an activating group) is 1. The molecule has 0 fully saturated rings. The highest BCUT2D eigenvalue weighted by Crippen LogP contribution is 2.13. The number of hydroxylamine groups is 3. The molecule has 0 aliphatic carbocycles. The molecular weight excluding hydrogens is 284 g/mol. The van der Waals surface area contributed by atoms with Gasteiger partial charge in [0.05, 0.1) is 42.3 Å². The van der Waals surface area contributed by atoms with Gasteiger partial charge < -0.3 is 9.59 Å². The standard InChI is InChI=1S/C15H35N4O3/c1-16(2)15(18(6,7)8)19(9,10)22-12-11-13(14(20)21)17(3,4)5/h13H,11-12H2,1-10H3/q+3/p+1. The van der Waals surface area contributed by atoms with Crippen LogP contribution in [0.3, 0.4) is 0 Å². The van der Waals surface area contributed by atoms with Gasteiger partial charge in [-0.15, -0.1) is 4.58 Å². The first-order valence-electron chi connectivity index (χ1n) is 7.50. The molecule has 0 aliphatic heterocycles. The van der Waals surface area contributed by atoms with E-state index in [1.54, 1.807) is 0 Å². The van der Waals surface area contributed by atoms with Crippen LogP contribution < -0.4 is 0 Å². The Balaban J connectivity index is 5.03. The molecule has 7 nitrogen and oxygen atoms in total. The molecule has 0 saturated carbocycles. The lowest BCUT2D eigenvalue weighted by molar-refractivity contribution is -1.07. The zero-order valence-electron chi connectivity index (χ0n) is 16.0. The minimum absolute atomic E-state index is 0.264. The molecule has 0 bridgehead atoms. The van der Waals surface area contributed by atoms with E-state index >= 15 is 0 Å². The van der Waals surface area contributed by atoms with E-state index < -0.39 is 12.0 Å². The average molecular weight is 320 g/mol. The van der Waals surface area contributed by atoms with Crippen molar-refractivity contribution in [3.05, 3.63) is 0 Å². The molecule has 0 aromatic rings. The normalized spacial score (nSPS) is 14.6. The summed E-state index contributed by atoms with van der Waals surface area (Å²) in [6.45, 7) is 0.386. The molecule has 7 heteroatoms. The molecule has 0 aromatic heterocycles. The Labute approximate surface area is 135 Å². The number of carbonyl (C=O) groups is 1. The molecule has 1 N–H and O–H groups in total. The van der Waals surface area contributed by atoms with E-state index in [2.05, 4.69) is 25.7 Å². The molecule has 0 heterocycles. The number of aliphatic carboxylic acids is 1. The van der Waals surface area contributed by atoms with Crippen LogP contribution in [0.2, 0.25) is 0 Å². The molecule has 0 radical (unpaired) electrons. The molecule has 22 heavy (non-hydrogen) atoms. The minimum Gasteiger partial charge on any atom is -0.477 e. The van der Waals surface area contributed by atoms with Crippen LogP contribution in [0.5, 0.6) is 0 Å². The fraction of sp³-hybridized carbons (Fsp3) is 0.867. The van der Waals surface area contributed by atoms with Gasteiger partial charge in [-0.25, -0.2) is 4.79 Å². The average Bonchev–Trinajstić information content (AvgIpc) is 2.17. The molecule has 0 rings (SSSR count). The number of guanidine groups is 1. The number of quaternary nitrogens is 3. The summed E-state index contributed by atoms with van der Waals surface area (Å²) in [7, 11) is 19.9. The van der Waals surface area contributed by atoms with Crippen LogP contribution in [0.15, 0.2) is 0 Å². The highest BCUT2D eigenvalue weighted by Gasteiger charge is 2.46. The number of rotatable bonds is 6. The fourth-order valence-electron chi connectivity index (χ4n) is 3.10. The van der Waals surface area contributed by atoms with Gasteiger partial charge >= 0.3 is 11.9 Å². The van der Waals surface area contributed by atoms with Gasteiger partial charge in [-0.1, -0.05) is 4.65 Å². The molecule has 0 aromatic carbocycles. The summed E-state index contributed by atoms with van der Waals surface area (Å²) in [5.74, 6) is 0.280. The van der Waals surface area contributed by atoms with E-state index in [4.69, 9.17) is 4.84 Å². The van der Waals surface area contributed by atoms with Crippen molar-refractivity contribution in [3.8, 4) is 0 Å². The van der Waals surface area contributed by atoms with Gasteiger partial charge in [0.2, 0.25) is 0 Å². The topological polar surface area (TPSA) is 49.5 Å². The van der Waals surface area contributed by atoms with E-state index in [-0.39, 0.29) is 4.65 Å². The molecular formula is C15H36N4O3+4. The highest BCUT2D eigenvalue weighted by atomic mass is 16.7. The van der Waals surface area contributed by atoms with Crippen molar-refractivity contribution in [3.63, 3.8) is 0 Å². The van der Waals surface area contributed by atoms with E-state index in [0.717, 1.165) is 5.96 Å². The summed E-state index contributed by atoms with van der Waals surface area (Å²) in [6, 6.07) is -0.480. The van der Waals surface area contributed by atoms with Crippen LogP contribution >= 0.6 is 0 Å². The first-order chi connectivity index (χ1) is 9.60. The SMILES string of the molecule is C[N+](C)=C([N+](C)(C)C)[N+](C)(C)OCCC(C(=O)O)[N+](C)(C)C. The maximum atomic E-state index is 11.4. The van der Waals surface area contributed by atoms with Crippen molar-refractivity contribution in [2.45, 2.75) is 12.5 Å². The number of carboxylic acid groups (broad SMARTS) is 1.